The minimum Gasteiger partial charge on any atom is -0.507 e. The third-order valence-electron chi connectivity index (χ3n) is 4.55. The van der Waals surface area contributed by atoms with Gasteiger partial charge in [0.05, 0.1) is 23.6 Å². The van der Waals surface area contributed by atoms with Crippen molar-refractivity contribution in [3.05, 3.63) is 48.4 Å². The number of phenols is 1. The van der Waals surface area contributed by atoms with E-state index < -0.39 is 0 Å². The van der Waals surface area contributed by atoms with E-state index in [-0.39, 0.29) is 5.75 Å². The molecular formula is C19H21N5O2. The maximum atomic E-state index is 10.1. The van der Waals surface area contributed by atoms with Crippen molar-refractivity contribution in [1.29, 1.82) is 0 Å². The second-order valence-electron chi connectivity index (χ2n) is 6.42. The van der Waals surface area contributed by atoms with E-state index >= 15 is 0 Å². The normalized spacial score (nSPS) is 15.1. The predicted octanol–water partition coefficient (Wildman–Crippen LogP) is 3.45. The molecule has 0 radical (unpaired) electrons. The Morgan fingerprint density at radius 3 is 2.81 bits per heavy atom. The molecule has 4 rings (SSSR count). The first-order chi connectivity index (χ1) is 12.7. The molecular weight excluding hydrogens is 330 g/mol. The van der Waals surface area contributed by atoms with Crippen LogP contribution in [-0.2, 0) is 4.74 Å². The third kappa shape index (κ3) is 3.39. The van der Waals surface area contributed by atoms with Crippen LogP contribution in [0.2, 0.25) is 0 Å². The number of hydrogen-bond donors (Lipinski definition) is 2. The highest BCUT2D eigenvalue weighted by Gasteiger charge is 2.17. The van der Waals surface area contributed by atoms with Crippen LogP contribution in [0, 0.1) is 6.92 Å². The van der Waals surface area contributed by atoms with Gasteiger partial charge in [-0.1, -0.05) is 12.1 Å². The molecule has 0 unspecified atom stereocenters. The standard InChI is InChI=1S/C19H21N5O2/c1-13-10-20-19(23-18(13)16-4-2-3-5-17(16)25)22-14-11-21-24(12-14)15-6-8-26-9-7-15/h2-5,10-12,15,25H,6-9H2,1H3,(H,20,22,23). The van der Waals surface area contributed by atoms with Gasteiger partial charge in [-0.3, -0.25) is 4.68 Å². The molecule has 0 bridgehead atoms. The average molecular weight is 351 g/mol. The largest absolute Gasteiger partial charge is 0.507 e. The molecule has 0 spiro atoms. The summed E-state index contributed by atoms with van der Waals surface area (Å²) in [6.45, 7) is 3.48. The molecule has 3 heterocycles. The molecule has 0 saturated carbocycles. The fraction of sp³-hybridized carbons (Fsp3) is 0.316. The quantitative estimate of drug-likeness (QED) is 0.749. The minimum atomic E-state index is 0.201. The highest BCUT2D eigenvalue weighted by Crippen LogP contribution is 2.30. The summed E-state index contributed by atoms with van der Waals surface area (Å²) in [4.78, 5) is 8.93. The van der Waals surface area contributed by atoms with Crippen molar-refractivity contribution in [2.75, 3.05) is 18.5 Å². The zero-order valence-corrected chi connectivity index (χ0v) is 14.6. The zero-order chi connectivity index (χ0) is 17.9. The molecule has 0 amide bonds. The Hall–Kier alpha value is -2.93. The second-order valence-corrected chi connectivity index (χ2v) is 6.42. The number of benzene rings is 1. The number of hydrogen-bond acceptors (Lipinski definition) is 6. The molecule has 3 aromatic rings. The molecule has 0 aliphatic carbocycles. The first kappa shape index (κ1) is 16.5. The fourth-order valence-corrected chi connectivity index (χ4v) is 3.13. The molecule has 1 fully saturated rings. The molecule has 1 aliphatic rings. The highest BCUT2D eigenvalue weighted by atomic mass is 16.5. The van der Waals surface area contributed by atoms with Crippen molar-refractivity contribution in [2.24, 2.45) is 0 Å². The second kappa shape index (κ2) is 7.13. The number of rotatable bonds is 4. The van der Waals surface area contributed by atoms with E-state index in [9.17, 15) is 5.11 Å². The van der Waals surface area contributed by atoms with Gasteiger partial charge in [0.15, 0.2) is 0 Å². The van der Waals surface area contributed by atoms with E-state index in [1.165, 1.54) is 0 Å². The number of aromatic nitrogens is 4. The number of nitrogens with zero attached hydrogens (tertiary/aromatic N) is 4. The van der Waals surface area contributed by atoms with Gasteiger partial charge in [-0.2, -0.15) is 5.10 Å². The fourth-order valence-electron chi connectivity index (χ4n) is 3.13. The lowest BCUT2D eigenvalue weighted by molar-refractivity contribution is 0.0662. The Labute approximate surface area is 151 Å². The lowest BCUT2D eigenvalue weighted by Crippen LogP contribution is -2.19. The van der Waals surface area contributed by atoms with Crippen molar-refractivity contribution in [2.45, 2.75) is 25.8 Å². The SMILES string of the molecule is Cc1cnc(Nc2cnn(C3CCOCC3)c2)nc1-c1ccccc1O. The highest BCUT2D eigenvalue weighted by molar-refractivity contribution is 5.70. The lowest BCUT2D eigenvalue weighted by atomic mass is 10.1. The summed E-state index contributed by atoms with van der Waals surface area (Å²) >= 11 is 0. The summed E-state index contributed by atoms with van der Waals surface area (Å²) < 4.78 is 7.38. The zero-order valence-electron chi connectivity index (χ0n) is 14.6. The Bertz CT molecular complexity index is 902. The summed E-state index contributed by atoms with van der Waals surface area (Å²) in [5.41, 5.74) is 3.13. The van der Waals surface area contributed by atoms with E-state index in [4.69, 9.17) is 4.74 Å². The molecule has 1 aromatic carbocycles. The smallest absolute Gasteiger partial charge is 0.227 e. The van der Waals surface area contributed by atoms with Gasteiger partial charge in [-0.25, -0.2) is 9.97 Å². The van der Waals surface area contributed by atoms with Crippen LogP contribution in [0.25, 0.3) is 11.3 Å². The summed E-state index contributed by atoms with van der Waals surface area (Å²) in [5.74, 6) is 0.674. The Morgan fingerprint density at radius 1 is 1.19 bits per heavy atom. The van der Waals surface area contributed by atoms with Gasteiger partial charge in [-0.15, -0.1) is 0 Å². The summed E-state index contributed by atoms with van der Waals surface area (Å²) in [5, 5.41) is 17.8. The number of para-hydroxylation sites is 1. The van der Waals surface area contributed by atoms with Crippen LogP contribution in [0.1, 0.15) is 24.4 Å². The Balaban J connectivity index is 1.57. The monoisotopic (exact) mass is 351 g/mol. The van der Waals surface area contributed by atoms with Crippen LogP contribution in [-0.4, -0.2) is 38.1 Å². The van der Waals surface area contributed by atoms with E-state index in [1.807, 2.05) is 29.9 Å². The molecule has 134 valence electrons. The van der Waals surface area contributed by atoms with Crippen LogP contribution < -0.4 is 5.32 Å². The Kier molecular flexibility index (Phi) is 4.53. The van der Waals surface area contributed by atoms with Gasteiger partial charge in [0.1, 0.15) is 5.75 Å². The van der Waals surface area contributed by atoms with Crippen LogP contribution in [0.5, 0.6) is 5.75 Å². The van der Waals surface area contributed by atoms with E-state index in [2.05, 4.69) is 20.4 Å². The third-order valence-corrected chi connectivity index (χ3v) is 4.55. The van der Waals surface area contributed by atoms with E-state index in [0.29, 0.717) is 23.2 Å². The molecule has 7 nitrogen and oxygen atoms in total. The molecule has 0 atom stereocenters. The molecule has 1 saturated heterocycles. The number of anilines is 2. The maximum Gasteiger partial charge on any atom is 0.227 e. The van der Waals surface area contributed by atoms with Crippen molar-refractivity contribution in [3.63, 3.8) is 0 Å². The number of nitrogens with one attached hydrogen (secondary N) is 1. The average Bonchev–Trinajstić information content (AvgIpc) is 3.13. The van der Waals surface area contributed by atoms with Crippen LogP contribution in [0.15, 0.2) is 42.9 Å². The van der Waals surface area contributed by atoms with Gasteiger partial charge in [-0.05, 0) is 37.5 Å². The van der Waals surface area contributed by atoms with Crippen molar-refractivity contribution in [1.82, 2.24) is 19.7 Å². The molecule has 26 heavy (non-hydrogen) atoms. The first-order valence-corrected chi connectivity index (χ1v) is 8.71. The summed E-state index contributed by atoms with van der Waals surface area (Å²) in [6.07, 6.45) is 7.44. The van der Waals surface area contributed by atoms with Gasteiger partial charge in [0.25, 0.3) is 0 Å². The molecule has 2 N–H and O–H groups in total. The Morgan fingerprint density at radius 2 is 2.00 bits per heavy atom. The van der Waals surface area contributed by atoms with E-state index in [1.54, 1.807) is 24.5 Å². The summed E-state index contributed by atoms with van der Waals surface area (Å²) in [7, 11) is 0. The van der Waals surface area contributed by atoms with Gasteiger partial charge >= 0.3 is 0 Å². The molecule has 2 aromatic heterocycles. The number of ether oxygens (including phenoxy) is 1. The maximum absolute atomic E-state index is 10.1. The van der Waals surface area contributed by atoms with Gasteiger partial charge in [0.2, 0.25) is 5.95 Å². The number of aryl methyl sites for hydroxylation is 1. The van der Waals surface area contributed by atoms with Gasteiger partial charge in [0, 0.05) is 31.2 Å². The molecule has 1 aliphatic heterocycles. The number of aromatic hydroxyl groups is 1. The lowest BCUT2D eigenvalue weighted by Gasteiger charge is -2.22. The van der Waals surface area contributed by atoms with E-state index in [0.717, 1.165) is 37.3 Å². The topological polar surface area (TPSA) is 85.1 Å². The van der Waals surface area contributed by atoms with Crippen LogP contribution >= 0.6 is 0 Å². The van der Waals surface area contributed by atoms with Crippen LogP contribution in [0.3, 0.4) is 0 Å². The molecule has 7 heteroatoms. The number of phenolic OH excluding ortho intramolecular Hbond substituents is 1. The van der Waals surface area contributed by atoms with Crippen LogP contribution in [0.4, 0.5) is 11.6 Å². The minimum absolute atomic E-state index is 0.201. The van der Waals surface area contributed by atoms with Crippen molar-refractivity contribution < 1.29 is 9.84 Å². The van der Waals surface area contributed by atoms with Gasteiger partial charge < -0.3 is 15.2 Å². The summed E-state index contributed by atoms with van der Waals surface area (Å²) in [6, 6.07) is 7.54. The predicted molar refractivity (Wildman–Crippen MR) is 98.5 cm³/mol. The van der Waals surface area contributed by atoms with Crippen molar-refractivity contribution >= 4 is 11.6 Å². The van der Waals surface area contributed by atoms with Crippen molar-refractivity contribution in [3.8, 4) is 17.0 Å². The first-order valence-electron chi connectivity index (χ1n) is 8.71.